The second-order valence-electron chi connectivity index (χ2n) is 8.63. The Kier molecular flexibility index (Phi) is 7.08. The van der Waals surface area contributed by atoms with Crippen molar-refractivity contribution in [1.29, 1.82) is 0 Å². The lowest BCUT2D eigenvalue weighted by Crippen LogP contribution is -2.10. The van der Waals surface area contributed by atoms with Gasteiger partial charge in [-0.25, -0.2) is 9.78 Å². The number of thiazole rings is 1. The summed E-state index contributed by atoms with van der Waals surface area (Å²) in [6.07, 6.45) is 1.02. The van der Waals surface area contributed by atoms with Crippen LogP contribution in [0, 0.1) is 6.92 Å². The molecule has 6 heteroatoms. The van der Waals surface area contributed by atoms with Gasteiger partial charge in [0.25, 0.3) is 0 Å². The highest BCUT2D eigenvalue weighted by Gasteiger charge is 2.18. The molecule has 0 aliphatic carbocycles. The average Bonchev–Trinajstić information content (AvgIpc) is 3.26. The number of hydrogen-bond acceptors (Lipinski definition) is 5. The largest absolute Gasteiger partial charge is 0.482 e. The van der Waals surface area contributed by atoms with Gasteiger partial charge in [-0.2, -0.15) is 0 Å². The molecule has 1 aromatic heterocycles. The first kappa shape index (κ1) is 23.6. The number of carboxylic acids is 1. The zero-order valence-corrected chi connectivity index (χ0v) is 20.3. The summed E-state index contributed by atoms with van der Waals surface area (Å²) in [4.78, 5) is 29.7. The molecule has 4 aromatic rings. The summed E-state index contributed by atoms with van der Waals surface area (Å²) in [6, 6.07) is 19.8. The van der Waals surface area contributed by atoms with Gasteiger partial charge < -0.3 is 9.84 Å². The molecule has 0 aliphatic heterocycles. The van der Waals surface area contributed by atoms with E-state index in [1.165, 1.54) is 10.8 Å². The van der Waals surface area contributed by atoms with E-state index in [9.17, 15) is 9.59 Å². The van der Waals surface area contributed by atoms with E-state index in [1.54, 1.807) is 29.5 Å². The van der Waals surface area contributed by atoms with Crippen LogP contribution in [0.2, 0.25) is 0 Å². The number of aliphatic carboxylic acids is 1. The van der Waals surface area contributed by atoms with Gasteiger partial charge in [0.05, 0.1) is 5.69 Å². The fourth-order valence-corrected chi connectivity index (χ4v) is 5.15. The number of ether oxygens (including phenoxy) is 1. The Labute approximate surface area is 203 Å². The third-order valence-electron chi connectivity index (χ3n) is 5.70. The number of nitrogens with zero attached hydrogens (tertiary/aromatic N) is 1. The van der Waals surface area contributed by atoms with E-state index in [-0.39, 0.29) is 11.7 Å². The first-order chi connectivity index (χ1) is 16.3. The van der Waals surface area contributed by atoms with Crippen molar-refractivity contribution in [3.63, 3.8) is 0 Å². The predicted octanol–water partition coefficient (Wildman–Crippen LogP) is 6.67. The maximum atomic E-state index is 12.9. The first-order valence-electron chi connectivity index (χ1n) is 11.3. The molecule has 0 fully saturated rings. The summed E-state index contributed by atoms with van der Waals surface area (Å²) in [6.45, 7) is 5.66. The molecule has 3 aromatic carbocycles. The van der Waals surface area contributed by atoms with Gasteiger partial charge in [0.2, 0.25) is 0 Å². The van der Waals surface area contributed by atoms with Crippen LogP contribution in [0.5, 0.6) is 5.75 Å². The Morgan fingerprint density at radius 2 is 1.79 bits per heavy atom. The van der Waals surface area contributed by atoms with E-state index in [0.717, 1.165) is 26.7 Å². The van der Waals surface area contributed by atoms with Crippen molar-refractivity contribution < 1.29 is 19.4 Å². The maximum absolute atomic E-state index is 12.9. The third-order valence-corrected chi connectivity index (χ3v) is 6.88. The lowest BCUT2D eigenvalue weighted by molar-refractivity contribution is -0.139. The van der Waals surface area contributed by atoms with Gasteiger partial charge in [-0.3, -0.25) is 4.79 Å². The number of carboxylic acid groups (broad SMARTS) is 1. The van der Waals surface area contributed by atoms with Crippen LogP contribution in [0.1, 0.15) is 52.7 Å². The normalized spacial score (nSPS) is 11.2. The van der Waals surface area contributed by atoms with Crippen LogP contribution in [-0.2, 0) is 11.2 Å². The monoisotopic (exact) mass is 473 g/mol. The molecular weight excluding hydrogens is 446 g/mol. The third kappa shape index (κ3) is 5.34. The van der Waals surface area contributed by atoms with Gasteiger partial charge in [0.1, 0.15) is 10.8 Å². The highest BCUT2D eigenvalue weighted by molar-refractivity contribution is 7.15. The molecular formula is C28H27NO4S. The van der Waals surface area contributed by atoms with Crippen molar-refractivity contribution in [3.8, 4) is 16.3 Å². The van der Waals surface area contributed by atoms with Crippen molar-refractivity contribution in [2.24, 2.45) is 0 Å². The van der Waals surface area contributed by atoms with Gasteiger partial charge in [0, 0.05) is 22.4 Å². The Balaban J connectivity index is 1.51. The topological polar surface area (TPSA) is 76.5 Å². The summed E-state index contributed by atoms with van der Waals surface area (Å²) in [5, 5.41) is 12.2. The van der Waals surface area contributed by atoms with Gasteiger partial charge in [0.15, 0.2) is 12.4 Å². The molecule has 0 bridgehead atoms. The van der Waals surface area contributed by atoms with Crippen LogP contribution in [-0.4, -0.2) is 28.4 Å². The summed E-state index contributed by atoms with van der Waals surface area (Å²) < 4.78 is 5.26. The van der Waals surface area contributed by atoms with E-state index in [4.69, 9.17) is 14.8 Å². The SMILES string of the molecule is Cc1cc(C(=O)CCc2sc(-c3ccc4ccccc4c3)nc2C(C)C)ccc1OCC(=O)O. The number of aryl methyl sites for hydroxylation is 2. The standard InChI is InChI=1S/C28H27NO4S/c1-17(2)27-25(34-28(29-27)22-9-8-19-6-4-5-7-20(19)15-22)13-11-23(30)21-10-12-24(18(3)14-21)33-16-26(31)32/h4-10,12,14-15,17H,11,13,16H2,1-3H3,(H,31,32). The minimum Gasteiger partial charge on any atom is -0.482 e. The molecule has 0 unspecified atom stereocenters. The second kappa shape index (κ2) is 10.2. The Morgan fingerprint density at radius 3 is 2.50 bits per heavy atom. The highest BCUT2D eigenvalue weighted by atomic mass is 32.1. The van der Waals surface area contributed by atoms with Crippen LogP contribution in [0.25, 0.3) is 21.3 Å². The average molecular weight is 474 g/mol. The molecule has 0 spiro atoms. The lowest BCUT2D eigenvalue weighted by atomic mass is 10.0. The van der Waals surface area contributed by atoms with Gasteiger partial charge in [-0.1, -0.05) is 50.2 Å². The fraction of sp³-hybridized carbons (Fsp3) is 0.250. The molecule has 0 aliphatic rings. The van der Waals surface area contributed by atoms with Crippen LogP contribution >= 0.6 is 11.3 Å². The zero-order chi connectivity index (χ0) is 24.2. The number of carbonyl (C=O) groups excluding carboxylic acids is 1. The van der Waals surface area contributed by atoms with Crippen LogP contribution in [0.15, 0.2) is 60.7 Å². The quantitative estimate of drug-likeness (QED) is 0.275. The molecule has 0 atom stereocenters. The number of fused-ring (bicyclic) bond motifs is 1. The predicted molar refractivity (Wildman–Crippen MR) is 136 cm³/mol. The van der Waals surface area contributed by atoms with Crippen molar-refractivity contribution in [3.05, 3.63) is 82.4 Å². The molecule has 174 valence electrons. The summed E-state index contributed by atoms with van der Waals surface area (Å²) >= 11 is 1.66. The van der Waals surface area contributed by atoms with Gasteiger partial charge >= 0.3 is 5.97 Å². The number of ketones is 1. The van der Waals surface area contributed by atoms with Gasteiger partial charge in [-0.05, 0) is 59.9 Å². The minimum atomic E-state index is -1.03. The van der Waals surface area contributed by atoms with E-state index in [2.05, 4.69) is 44.2 Å². The number of Topliss-reactive ketones (excluding diaryl/α,β-unsaturated/α-hetero) is 1. The van der Waals surface area contributed by atoms with E-state index in [1.807, 2.05) is 19.1 Å². The Morgan fingerprint density at radius 1 is 1.03 bits per heavy atom. The number of rotatable bonds is 9. The fourth-order valence-electron chi connectivity index (χ4n) is 3.94. The van der Waals surface area contributed by atoms with Crippen molar-refractivity contribution >= 4 is 33.9 Å². The van der Waals surface area contributed by atoms with E-state index >= 15 is 0 Å². The smallest absolute Gasteiger partial charge is 0.341 e. The van der Waals surface area contributed by atoms with Crippen molar-refractivity contribution in [2.45, 2.75) is 39.5 Å². The summed E-state index contributed by atoms with van der Waals surface area (Å²) in [5.41, 5.74) is 3.49. The van der Waals surface area contributed by atoms with Crippen LogP contribution < -0.4 is 4.74 Å². The van der Waals surface area contributed by atoms with Crippen molar-refractivity contribution in [1.82, 2.24) is 4.98 Å². The van der Waals surface area contributed by atoms with Gasteiger partial charge in [-0.15, -0.1) is 11.3 Å². The van der Waals surface area contributed by atoms with Crippen molar-refractivity contribution in [2.75, 3.05) is 6.61 Å². The Bertz CT molecular complexity index is 1360. The molecule has 5 nitrogen and oxygen atoms in total. The molecule has 1 heterocycles. The van der Waals surface area contributed by atoms with Crippen LogP contribution in [0.3, 0.4) is 0 Å². The number of carbonyl (C=O) groups is 2. The molecule has 0 radical (unpaired) electrons. The number of aromatic nitrogens is 1. The Hall–Kier alpha value is -3.51. The first-order valence-corrected chi connectivity index (χ1v) is 12.1. The maximum Gasteiger partial charge on any atom is 0.341 e. The molecule has 1 N–H and O–H groups in total. The molecule has 0 saturated heterocycles. The molecule has 34 heavy (non-hydrogen) atoms. The zero-order valence-electron chi connectivity index (χ0n) is 19.5. The second-order valence-corrected chi connectivity index (χ2v) is 9.71. The van der Waals surface area contributed by atoms with Crippen LogP contribution in [0.4, 0.5) is 0 Å². The summed E-state index contributed by atoms with van der Waals surface area (Å²) in [5.74, 6) is -0.247. The lowest BCUT2D eigenvalue weighted by Gasteiger charge is -2.09. The molecule has 0 amide bonds. The number of benzene rings is 3. The minimum absolute atomic E-state index is 0.0447. The molecule has 4 rings (SSSR count). The van der Waals surface area contributed by atoms with E-state index in [0.29, 0.717) is 24.2 Å². The highest BCUT2D eigenvalue weighted by Crippen LogP contribution is 2.34. The summed E-state index contributed by atoms with van der Waals surface area (Å²) in [7, 11) is 0. The number of hydrogen-bond donors (Lipinski definition) is 1. The molecule has 0 saturated carbocycles. The van der Waals surface area contributed by atoms with E-state index < -0.39 is 12.6 Å².